The molecule has 64 valence electrons. The summed E-state index contributed by atoms with van der Waals surface area (Å²) in [5.74, 6) is 0. The van der Waals surface area contributed by atoms with Crippen LogP contribution in [0.2, 0.25) is 0 Å². The predicted octanol–water partition coefficient (Wildman–Crippen LogP) is 1.97. The fourth-order valence-electron chi connectivity index (χ4n) is 0.988. The molecule has 0 unspecified atom stereocenters. The van der Waals surface area contributed by atoms with E-state index in [1.54, 1.807) is 12.1 Å². The van der Waals surface area contributed by atoms with Crippen molar-refractivity contribution in [3.8, 4) is 12.1 Å². The lowest BCUT2D eigenvalue weighted by molar-refractivity contribution is 1.24. The fourth-order valence-corrected chi connectivity index (χ4v) is 1.60. The molecule has 2 N–H and O–H groups in total. The highest BCUT2D eigenvalue weighted by atomic mass is 79.9. The summed E-state index contributed by atoms with van der Waals surface area (Å²) in [6, 6.07) is 7.22. The summed E-state index contributed by atoms with van der Waals surface area (Å²) in [6.07, 6.45) is 0.248. The fraction of sp³-hybridized carbons (Fsp3) is 0.111. The maximum absolute atomic E-state index is 8.62. The topological polar surface area (TPSA) is 73.6 Å². The monoisotopic (exact) mass is 235 g/mol. The van der Waals surface area contributed by atoms with Crippen LogP contribution in [0.1, 0.15) is 11.1 Å². The first-order valence-electron chi connectivity index (χ1n) is 3.54. The molecule has 1 aromatic rings. The van der Waals surface area contributed by atoms with Crippen molar-refractivity contribution in [3.05, 3.63) is 27.7 Å². The highest BCUT2D eigenvalue weighted by Crippen LogP contribution is 2.24. The van der Waals surface area contributed by atoms with Crippen LogP contribution in [0.3, 0.4) is 0 Å². The first kappa shape index (κ1) is 9.57. The van der Waals surface area contributed by atoms with Crippen LogP contribution in [-0.4, -0.2) is 0 Å². The van der Waals surface area contributed by atoms with E-state index in [9.17, 15) is 0 Å². The Bertz CT molecular complexity index is 389. The van der Waals surface area contributed by atoms with Crippen molar-refractivity contribution < 1.29 is 0 Å². The predicted molar refractivity (Wildman–Crippen MR) is 52.6 cm³/mol. The second kappa shape index (κ2) is 3.93. The van der Waals surface area contributed by atoms with Gasteiger partial charge < -0.3 is 5.73 Å². The molecule has 0 heterocycles. The number of nitrogens with zero attached hydrogens (tertiary/aromatic N) is 2. The van der Waals surface area contributed by atoms with E-state index in [0.717, 1.165) is 5.56 Å². The minimum absolute atomic E-state index is 0.248. The second-order valence-corrected chi connectivity index (χ2v) is 3.33. The average Bonchev–Trinajstić information content (AvgIpc) is 2.11. The molecule has 13 heavy (non-hydrogen) atoms. The van der Waals surface area contributed by atoms with Crippen LogP contribution in [-0.2, 0) is 6.42 Å². The Balaban J connectivity index is 3.26. The van der Waals surface area contributed by atoms with Crippen molar-refractivity contribution in [1.82, 2.24) is 0 Å². The van der Waals surface area contributed by atoms with E-state index < -0.39 is 0 Å². The smallest absolute Gasteiger partial charge is 0.0992 e. The van der Waals surface area contributed by atoms with Crippen LogP contribution in [0.15, 0.2) is 16.6 Å². The molecule has 3 nitrogen and oxygen atoms in total. The Morgan fingerprint density at radius 1 is 1.38 bits per heavy atom. The van der Waals surface area contributed by atoms with Crippen LogP contribution < -0.4 is 5.73 Å². The summed E-state index contributed by atoms with van der Waals surface area (Å²) in [5, 5.41) is 17.1. The van der Waals surface area contributed by atoms with Crippen molar-refractivity contribution >= 4 is 21.6 Å². The Morgan fingerprint density at radius 3 is 2.54 bits per heavy atom. The lowest BCUT2D eigenvalue weighted by atomic mass is 10.1. The molecule has 0 aromatic heterocycles. The number of hydrogen-bond acceptors (Lipinski definition) is 3. The quantitative estimate of drug-likeness (QED) is 0.757. The van der Waals surface area contributed by atoms with E-state index >= 15 is 0 Å². The van der Waals surface area contributed by atoms with Crippen molar-refractivity contribution in [2.45, 2.75) is 6.42 Å². The number of anilines is 1. The number of hydrogen-bond donors (Lipinski definition) is 1. The number of nitrogens with two attached hydrogens (primary N) is 1. The van der Waals surface area contributed by atoms with Gasteiger partial charge in [-0.15, -0.1) is 0 Å². The first-order valence-corrected chi connectivity index (χ1v) is 4.33. The Labute approximate surface area is 84.5 Å². The van der Waals surface area contributed by atoms with Crippen molar-refractivity contribution in [3.63, 3.8) is 0 Å². The Hall–Kier alpha value is -1.52. The molecular formula is C9H6BrN3. The lowest BCUT2D eigenvalue weighted by Gasteiger charge is -2.04. The van der Waals surface area contributed by atoms with Crippen molar-refractivity contribution in [2.24, 2.45) is 0 Å². The zero-order valence-electron chi connectivity index (χ0n) is 6.71. The van der Waals surface area contributed by atoms with E-state index in [4.69, 9.17) is 16.3 Å². The third kappa shape index (κ3) is 1.99. The highest BCUT2D eigenvalue weighted by Gasteiger charge is 2.05. The van der Waals surface area contributed by atoms with Crippen LogP contribution in [0, 0.1) is 22.7 Å². The van der Waals surface area contributed by atoms with Gasteiger partial charge in [-0.1, -0.05) is 15.9 Å². The molecule has 0 atom stereocenters. The summed E-state index contributed by atoms with van der Waals surface area (Å²) in [6.45, 7) is 0. The van der Waals surface area contributed by atoms with Gasteiger partial charge in [0.05, 0.1) is 24.1 Å². The number of benzene rings is 1. The van der Waals surface area contributed by atoms with Gasteiger partial charge in [0.1, 0.15) is 0 Å². The molecule has 0 saturated heterocycles. The second-order valence-electron chi connectivity index (χ2n) is 2.47. The summed E-state index contributed by atoms with van der Waals surface area (Å²) in [5.41, 5.74) is 7.36. The van der Waals surface area contributed by atoms with E-state index in [1.165, 1.54) is 0 Å². The first-order chi connectivity index (χ1) is 6.19. The molecule has 0 aliphatic heterocycles. The van der Waals surface area contributed by atoms with E-state index in [-0.39, 0.29) is 6.42 Å². The maximum atomic E-state index is 8.62. The minimum Gasteiger partial charge on any atom is -0.398 e. The molecule has 0 aliphatic carbocycles. The van der Waals surface area contributed by atoms with Gasteiger partial charge in [-0.25, -0.2) is 0 Å². The van der Waals surface area contributed by atoms with Gasteiger partial charge in [0, 0.05) is 15.7 Å². The molecule has 0 spiro atoms. The molecule has 0 bridgehead atoms. The van der Waals surface area contributed by atoms with Gasteiger partial charge in [0.2, 0.25) is 0 Å². The zero-order valence-corrected chi connectivity index (χ0v) is 8.30. The molecule has 0 amide bonds. The summed E-state index contributed by atoms with van der Waals surface area (Å²) in [7, 11) is 0. The third-order valence-corrected chi connectivity index (χ3v) is 2.32. The Morgan fingerprint density at radius 2 is 2.08 bits per heavy atom. The van der Waals surface area contributed by atoms with Crippen LogP contribution in [0.5, 0.6) is 0 Å². The molecule has 0 fully saturated rings. The maximum Gasteiger partial charge on any atom is 0.0992 e. The van der Waals surface area contributed by atoms with Gasteiger partial charge in [-0.2, -0.15) is 10.5 Å². The number of nitriles is 2. The minimum atomic E-state index is 0.248. The largest absolute Gasteiger partial charge is 0.398 e. The van der Waals surface area contributed by atoms with E-state index in [2.05, 4.69) is 15.9 Å². The molecular weight excluding hydrogens is 230 g/mol. The van der Waals surface area contributed by atoms with Crippen LogP contribution >= 0.6 is 15.9 Å². The Kier molecular flexibility index (Phi) is 2.89. The number of rotatable bonds is 1. The molecule has 0 saturated carbocycles. The standard InChI is InChI=1S/C9H6BrN3/c10-8-3-6(5-12)4-9(13)7(8)1-2-11/h3-4H,1,13H2. The summed E-state index contributed by atoms with van der Waals surface area (Å²) >= 11 is 3.26. The molecule has 0 aliphatic rings. The highest BCUT2D eigenvalue weighted by molar-refractivity contribution is 9.10. The van der Waals surface area contributed by atoms with Gasteiger partial charge in [-0.05, 0) is 12.1 Å². The van der Waals surface area contributed by atoms with Crippen LogP contribution in [0.25, 0.3) is 0 Å². The van der Waals surface area contributed by atoms with Gasteiger partial charge >= 0.3 is 0 Å². The molecule has 1 rings (SSSR count). The van der Waals surface area contributed by atoms with E-state index in [1.807, 2.05) is 12.1 Å². The van der Waals surface area contributed by atoms with Crippen molar-refractivity contribution in [1.29, 1.82) is 10.5 Å². The van der Waals surface area contributed by atoms with Crippen LogP contribution in [0.4, 0.5) is 5.69 Å². The normalized spacial score (nSPS) is 8.85. The van der Waals surface area contributed by atoms with Crippen molar-refractivity contribution in [2.75, 3.05) is 5.73 Å². The lowest BCUT2D eigenvalue weighted by Crippen LogP contribution is -1.95. The van der Waals surface area contributed by atoms with E-state index in [0.29, 0.717) is 15.7 Å². The molecule has 0 radical (unpaired) electrons. The number of nitrogen functional groups attached to an aromatic ring is 1. The SMILES string of the molecule is N#CCc1c(N)cc(C#N)cc1Br. The molecule has 4 heteroatoms. The van der Waals surface area contributed by atoms with Gasteiger partial charge in [0.25, 0.3) is 0 Å². The zero-order chi connectivity index (χ0) is 9.84. The average molecular weight is 236 g/mol. The van der Waals surface area contributed by atoms with Gasteiger partial charge in [0.15, 0.2) is 0 Å². The molecule has 1 aromatic carbocycles. The summed E-state index contributed by atoms with van der Waals surface area (Å²) < 4.78 is 0.714. The number of halogens is 1. The summed E-state index contributed by atoms with van der Waals surface area (Å²) in [4.78, 5) is 0. The third-order valence-electron chi connectivity index (χ3n) is 1.61. The van der Waals surface area contributed by atoms with Gasteiger partial charge in [-0.3, -0.25) is 0 Å².